The molecule has 0 spiro atoms. The molecule has 0 saturated heterocycles. The molecule has 8 nitrogen and oxygen atoms in total. The summed E-state index contributed by atoms with van der Waals surface area (Å²) in [5.41, 5.74) is 0. The Morgan fingerprint density at radius 3 is 1.48 bits per heavy atom. The molecule has 288 valence electrons. The Morgan fingerprint density at radius 1 is 0.540 bits per heavy atom. The number of unbranched alkanes of at least 4 members (excludes halogenated alkanes) is 15. The zero-order valence-corrected chi connectivity index (χ0v) is 31.5. The Bertz CT molecular complexity index is 938. The molecule has 0 aliphatic heterocycles. The maximum atomic E-state index is 12.0. The highest BCUT2D eigenvalue weighted by atomic mass is 16.6. The summed E-state index contributed by atoms with van der Waals surface area (Å²) in [5.74, 6) is -0.886. The van der Waals surface area contributed by atoms with Gasteiger partial charge in [-0.1, -0.05) is 171 Å². The molecule has 0 unspecified atom stereocenters. The van der Waals surface area contributed by atoms with Crippen molar-refractivity contribution in [2.75, 3.05) is 13.2 Å². The molecule has 0 aromatic heterocycles. The van der Waals surface area contributed by atoms with Gasteiger partial charge < -0.3 is 29.9 Å². The van der Waals surface area contributed by atoms with Crippen LogP contribution in [0.3, 0.4) is 0 Å². The fraction of sp³-hybridized carbons (Fsp3) is 0.714. The molecule has 0 fully saturated rings. The number of aliphatic hydroxyl groups excluding tert-OH is 4. The summed E-state index contributed by atoms with van der Waals surface area (Å²) < 4.78 is 10.2. The van der Waals surface area contributed by atoms with Gasteiger partial charge in [-0.15, -0.1) is 0 Å². The van der Waals surface area contributed by atoms with E-state index in [9.17, 15) is 30.0 Å². The number of aliphatic hydroxyl groups is 4. The van der Waals surface area contributed by atoms with Gasteiger partial charge >= 0.3 is 11.9 Å². The van der Waals surface area contributed by atoms with Crippen LogP contribution in [0.2, 0.25) is 0 Å². The van der Waals surface area contributed by atoms with E-state index < -0.39 is 30.4 Å². The highest BCUT2D eigenvalue weighted by Gasteiger charge is 2.15. The lowest BCUT2D eigenvalue weighted by atomic mass is 10.0. The minimum Gasteiger partial charge on any atom is -0.463 e. The lowest BCUT2D eigenvalue weighted by molar-refractivity contribution is -0.152. The van der Waals surface area contributed by atoms with Crippen molar-refractivity contribution in [3.8, 4) is 0 Å². The van der Waals surface area contributed by atoms with E-state index in [1.54, 1.807) is 42.5 Å². The summed E-state index contributed by atoms with van der Waals surface area (Å²) in [7, 11) is 0. The molecule has 0 saturated carbocycles. The molecule has 4 N–H and O–H groups in total. The molecule has 0 rings (SSSR count). The Kier molecular flexibility index (Phi) is 34.4. The molecule has 0 aromatic carbocycles. The summed E-state index contributed by atoms with van der Waals surface area (Å²) >= 11 is 0. The molecular weight excluding hydrogens is 632 g/mol. The van der Waals surface area contributed by atoms with E-state index in [0.29, 0.717) is 19.3 Å². The van der Waals surface area contributed by atoms with Gasteiger partial charge in [0.1, 0.15) is 19.3 Å². The van der Waals surface area contributed by atoms with Gasteiger partial charge in [0.15, 0.2) is 0 Å². The molecule has 50 heavy (non-hydrogen) atoms. The molecule has 0 amide bonds. The molecule has 0 heterocycles. The van der Waals surface area contributed by atoms with Crippen LogP contribution >= 0.6 is 0 Å². The summed E-state index contributed by atoms with van der Waals surface area (Å²) in [6.07, 6.45) is 36.6. The second-order valence-corrected chi connectivity index (χ2v) is 13.2. The second kappa shape index (κ2) is 36.3. The van der Waals surface area contributed by atoms with Crippen molar-refractivity contribution in [2.24, 2.45) is 0 Å². The summed E-state index contributed by atoms with van der Waals surface area (Å²) in [6.45, 7) is 3.81. The van der Waals surface area contributed by atoms with Gasteiger partial charge in [0.2, 0.25) is 0 Å². The van der Waals surface area contributed by atoms with E-state index in [1.807, 2.05) is 19.1 Å². The number of hydrogen-bond donors (Lipinski definition) is 4. The molecule has 8 heteroatoms. The largest absolute Gasteiger partial charge is 0.463 e. The lowest BCUT2D eigenvalue weighted by Gasteiger charge is -2.14. The lowest BCUT2D eigenvalue weighted by Crippen LogP contribution is -2.26. The van der Waals surface area contributed by atoms with E-state index in [-0.39, 0.29) is 32.0 Å². The quantitative estimate of drug-likeness (QED) is 0.0226. The van der Waals surface area contributed by atoms with Crippen molar-refractivity contribution in [1.29, 1.82) is 0 Å². The third-order valence-electron chi connectivity index (χ3n) is 8.36. The number of ether oxygens (including phenoxy) is 2. The highest BCUT2D eigenvalue weighted by Crippen LogP contribution is 2.14. The van der Waals surface area contributed by atoms with E-state index in [4.69, 9.17) is 9.47 Å². The zero-order valence-electron chi connectivity index (χ0n) is 31.5. The van der Waals surface area contributed by atoms with Gasteiger partial charge in [0.25, 0.3) is 0 Å². The Morgan fingerprint density at radius 2 is 0.980 bits per heavy atom. The van der Waals surface area contributed by atoms with Crippen molar-refractivity contribution in [1.82, 2.24) is 0 Å². The molecule has 0 aliphatic carbocycles. The van der Waals surface area contributed by atoms with E-state index in [1.165, 1.54) is 89.5 Å². The van der Waals surface area contributed by atoms with E-state index in [0.717, 1.165) is 25.7 Å². The average Bonchev–Trinajstić information content (AvgIpc) is 3.10. The van der Waals surface area contributed by atoms with Crippen molar-refractivity contribution in [2.45, 2.75) is 180 Å². The van der Waals surface area contributed by atoms with Crippen LogP contribution in [0.4, 0.5) is 0 Å². The van der Waals surface area contributed by atoms with Gasteiger partial charge in [-0.25, -0.2) is 0 Å². The van der Waals surface area contributed by atoms with E-state index >= 15 is 0 Å². The topological polar surface area (TPSA) is 134 Å². The molecule has 4 atom stereocenters. The fourth-order valence-electron chi connectivity index (χ4n) is 5.25. The first-order chi connectivity index (χ1) is 24.3. The predicted molar refractivity (Wildman–Crippen MR) is 205 cm³/mol. The summed E-state index contributed by atoms with van der Waals surface area (Å²) in [6, 6.07) is 0. The predicted octanol–water partition coefficient (Wildman–Crippen LogP) is 8.92. The minimum absolute atomic E-state index is 0.0288. The van der Waals surface area contributed by atoms with Gasteiger partial charge in [-0.3, -0.25) is 9.59 Å². The molecule has 0 aromatic rings. The summed E-state index contributed by atoms with van der Waals surface area (Å²) in [5, 5.41) is 40.0. The van der Waals surface area contributed by atoms with Crippen molar-refractivity contribution in [3.05, 3.63) is 60.8 Å². The van der Waals surface area contributed by atoms with Crippen LogP contribution in [0.15, 0.2) is 60.8 Å². The Balaban J connectivity index is 3.77. The van der Waals surface area contributed by atoms with Crippen molar-refractivity contribution < 1.29 is 39.5 Å². The molecule has 0 radical (unpaired) electrons. The number of esters is 2. The van der Waals surface area contributed by atoms with Crippen LogP contribution in [0, 0.1) is 0 Å². The molecule has 0 bridgehead atoms. The van der Waals surface area contributed by atoms with Gasteiger partial charge in [0, 0.05) is 12.8 Å². The third-order valence-corrected chi connectivity index (χ3v) is 8.36. The Hall–Kier alpha value is -2.52. The SMILES string of the molecule is CC/C=C\C[C@@H](O)/C=C/C=C/C=C\C=C/[C@H](O)[C@@H](O)CCCC(=O)OC[C@@H](O)COC(=O)CCCCCCCCCCCCCCCCCC. The highest BCUT2D eigenvalue weighted by molar-refractivity contribution is 5.69. The standard InChI is InChI=1S/C42H72O8/c1-3-5-7-8-9-10-11-12-13-14-15-16-17-18-23-27-33-41(47)49-35-38(44)36-50-42(48)34-28-32-40(46)39(45)31-26-22-20-19-21-25-30-37(43)29-24-6-4-2/h6,19-22,24-26,30-31,37-40,43-46H,3-5,7-18,23,27-29,32-36H2,1-2H3/b21-19+,22-20-,24-6-,30-25+,31-26-/t37-,38+,39+,40+/m1/s1. The number of allylic oxidation sites excluding steroid dienone is 7. The average molecular weight is 705 g/mol. The maximum Gasteiger partial charge on any atom is 0.305 e. The van der Waals surface area contributed by atoms with Crippen LogP contribution in [0.5, 0.6) is 0 Å². The van der Waals surface area contributed by atoms with Crippen molar-refractivity contribution in [3.63, 3.8) is 0 Å². The molecule has 0 aliphatic rings. The van der Waals surface area contributed by atoms with Crippen LogP contribution in [-0.4, -0.2) is 70.0 Å². The van der Waals surface area contributed by atoms with Gasteiger partial charge in [0.05, 0.1) is 18.3 Å². The number of carbonyl (C=O) groups is 2. The van der Waals surface area contributed by atoms with Gasteiger partial charge in [-0.05, 0) is 32.1 Å². The maximum absolute atomic E-state index is 12.0. The zero-order chi connectivity index (χ0) is 36.9. The minimum atomic E-state index is -1.09. The number of hydrogen-bond acceptors (Lipinski definition) is 8. The first-order valence-electron chi connectivity index (χ1n) is 19.7. The number of rotatable bonds is 34. The third kappa shape index (κ3) is 34.0. The molecular formula is C42H72O8. The van der Waals surface area contributed by atoms with Crippen LogP contribution < -0.4 is 0 Å². The van der Waals surface area contributed by atoms with Crippen LogP contribution in [0.25, 0.3) is 0 Å². The monoisotopic (exact) mass is 705 g/mol. The first-order valence-corrected chi connectivity index (χ1v) is 19.7. The van der Waals surface area contributed by atoms with Crippen LogP contribution in [0.1, 0.15) is 155 Å². The normalized spacial score (nSPS) is 14.8. The number of carbonyl (C=O) groups excluding carboxylic acids is 2. The smallest absolute Gasteiger partial charge is 0.305 e. The Labute approximate surface area is 304 Å². The van der Waals surface area contributed by atoms with Gasteiger partial charge in [-0.2, -0.15) is 0 Å². The van der Waals surface area contributed by atoms with E-state index in [2.05, 4.69) is 6.92 Å². The summed E-state index contributed by atoms with van der Waals surface area (Å²) in [4.78, 5) is 24.0. The second-order valence-electron chi connectivity index (χ2n) is 13.2. The van der Waals surface area contributed by atoms with Crippen molar-refractivity contribution >= 4 is 11.9 Å². The van der Waals surface area contributed by atoms with Crippen LogP contribution in [-0.2, 0) is 19.1 Å². The first kappa shape index (κ1) is 47.5. The fourth-order valence-corrected chi connectivity index (χ4v) is 5.25.